The number of fused-ring (bicyclic) bond motifs is 9. The first kappa shape index (κ1) is 23.7. The fourth-order valence-corrected chi connectivity index (χ4v) is 8.40. The summed E-state index contributed by atoms with van der Waals surface area (Å²) in [6, 6.07) is 40.8. The van der Waals surface area contributed by atoms with E-state index in [0.29, 0.717) is 22.5 Å². The number of rotatable bonds is 4. The standard InChI is InChI=1S/C45H26N4OS/c1-2-11-27(12-3-1)43-46-44(48-45(47-43)29-22-24-34-33-15-6-9-20-40(33)51-41(34)26-29)28-21-23-32-35-16-10-19-38(42(35)50-39(32)25-28)49-36-17-7-4-13-30(36)31-14-5-8-18-37(31)49/h1-26H/i1D,2D,3D,11D,12D. The van der Waals surface area contributed by atoms with Crippen LogP contribution in [0.15, 0.2) is 162 Å². The van der Waals surface area contributed by atoms with Crippen molar-refractivity contribution in [3.05, 3.63) is 158 Å². The van der Waals surface area contributed by atoms with Gasteiger partial charge in [0.15, 0.2) is 23.1 Å². The number of furan rings is 1. The zero-order valence-corrected chi connectivity index (χ0v) is 27.5. The highest BCUT2D eigenvalue weighted by atomic mass is 32.1. The summed E-state index contributed by atoms with van der Waals surface area (Å²) >= 11 is 1.67. The Labute approximate surface area is 302 Å². The molecule has 4 heterocycles. The summed E-state index contributed by atoms with van der Waals surface area (Å²) < 4.78 is 53.6. The molecule has 0 saturated carbocycles. The summed E-state index contributed by atoms with van der Waals surface area (Å²) in [5.74, 6) is 0.574. The second-order valence-corrected chi connectivity index (χ2v) is 13.5. The minimum absolute atomic E-state index is 0.0169. The predicted octanol–water partition coefficient (Wildman–Crippen LogP) is 12.2. The Morgan fingerprint density at radius 2 is 1.08 bits per heavy atom. The third-order valence-electron chi connectivity index (χ3n) is 9.55. The van der Waals surface area contributed by atoms with Crippen LogP contribution in [0.4, 0.5) is 0 Å². The second kappa shape index (κ2) is 10.9. The van der Waals surface area contributed by atoms with E-state index in [1.807, 2.05) is 66.7 Å². The SMILES string of the molecule is [2H]c1c([2H])c([2H])c(-c2nc(-c3ccc4c(c3)oc3c(-n5c6ccccc6c6ccccc65)cccc34)nc(-c3ccc4c(c3)sc3ccccc34)n2)c([2H])c1[2H]. The first-order valence-electron chi connectivity index (χ1n) is 19.0. The van der Waals surface area contributed by atoms with Crippen LogP contribution >= 0.6 is 11.3 Å². The Bertz CT molecular complexity index is 3380. The summed E-state index contributed by atoms with van der Waals surface area (Å²) in [6.07, 6.45) is 0. The van der Waals surface area contributed by atoms with Crippen molar-refractivity contribution >= 4 is 75.3 Å². The van der Waals surface area contributed by atoms with Gasteiger partial charge in [0, 0.05) is 58.4 Å². The summed E-state index contributed by atoms with van der Waals surface area (Å²) in [6.45, 7) is 0. The van der Waals surface area contributed by atoms with Crippen LogP contribution in [0.25, 0.3) is 104 Å². The van der Waals surface area contributed by atoms with Gasteiger partial charge in [0.25, 0.3) is 0 Å². The van der Waals surface area contributed by atoms with Gasteiger partial charge in [0.05, 0.1) is 23.6 Å². The maximum Gasteiger partial charge on any atom is 0.164 e. The lowest BCUT2D eigenvalue weighted by molar-refractivity contribution is 0.666. The molecule has 51 heavy (non-hydrogen) atoms. The van der Waals surface area contributed by atoms with Crippen molar-refractivity contribution in [1.29, 1.82) is 0 Å². The van der Waals surface area contributed by atoms with E-state index in [2.05, 4.69) is 65.2 Å². The van der Waals surface area contributed by atoms with Crippen LogP contribution < -0.4 is 0 Å². The number of para-hydroxylation sites is 3. The molecule has 0 radical (unpaired) electrons. The normalized spacial score (nSPS) is 13.3. The fraction of sp³-hybridized carbons (Fsp3) is 0. The van der Waals surface area contributed by atoms with E-state index in [1.165, 1.54) is 0 Å². The van der Waals surface area contributed by atoms with E-state index < -0.39 is 18.1 Å². The summed E-state index contributed by atoms with van der Waals surface area (Å²) in [4.78, 5) is 14.5. The molecule has 0 aliphatic heterocycles. The molecule has 0 N–H and O–H groups in total. The molecule has 0 amide bonds. The Morgan fingerprint density at radius 3 is 1.82 bits per heavy atom. The molecule has 11 aromatic rings. The van der Waals surface area contributed by atoms with Gasteiger partial charge in [-0.05, 0) is 42.5 Å². The van der Waals surface area contributed by atoms with Crippen LogP contribution in [0.3, 0.4) is 0 Å². The number of hydrogen-bond acceptors (Lipinski definition) is 5. The maximum absolute atomic E-state index is 8.75. The molecule has 238 valence electrons. The molecule has 0 fully saturated rings. The van der Waals surface area contributed by atoms with Crippen LogP contribution in [0.5, 0.6) is 0 Å². The van der Waals surface area contributed by atoms with Crippen LogP contribution in [0, 0.1) is 0 Å². The first-order chi connectivity index (χ1) is 27.3. The molecule has 0 aliphatic rings. The first-order valence-corrected chi connectivity index (χ1v) is 17.3. The maximum atomic E-state index is 8.75. The van der Waals surface area contributed by atoms with E-state index in [1.54, 1.807) is 11.3 Å². The van der Waals surface area contributed by atoms with Crippen LogP contribution in [0.1, 0.15) is 6.85 Å². The van der Waals surface area contributed by atoms with Gasteiger partial charge in [-0.25, -0.2) is 15.0 Å². The van der Waals surface area contributed by atoms with Gasteiger partial charge in [-0.15, -0.1) is 11.3 Å². The third kappa shape index (κ3) is 4.37. The summed E-state index contributed by atoms with van der Waals surface area (Å²) in [7, 11) is 0. The summed E-state index contributed by atoms with van der Waals surface area (Å²) in [5, 5.41) is 6.47. The van der Waals surface area contributed by atoms with Gasteiger partial charge in [0.2, 0.25) is 0 Å². The minimum Gasteiger partial charge on any atom is -0.454 e. The van der Waals surface area contributed by atoms with E-state index in [4.69, 9.17) is 26.2 Å². The van der Waals surface area contributed by atoms with Crippen LogP contribution in [-0.4, -0.2) is 19.5 Å². The van der Waals surface area contributed by atoms with E-state index in [-0.39, 0.29) is 29.3 Å². The largest absolute Gasteiger partial charge is 0.454 e. The molecule has 0 aliphatic carbocycles. The lowest BCUT2D eigenvalue weighted by atomic mass is 10.1. The molecular formula is C45H26N4OS. The quantitative estimate of drug-likeness (QED) is 0.186. The molecule has 0 atom stereocenters. The smallest absolute Gasteiger partial charge is 0.164 e. The third-order valence-corrected chi connectivity index (χ3v) is 10.7. The molecule has 6 heteroatoms. The van der Waals surface area contributed by atoms with Gasteiger partial charge in [-0.1, -0.05) is 115 Å². The number of thiophene rings is 1. The molecule has 4 aromatic heterocycles. The average molecular weight is 676 g/mol. The molecule has 0 bridgehead atoms. The van der Waals surface area contributed by atoms with E-state index >= 15 is 0 Å². The fourth-order valence-electron chi connectivity index (χ4n) is 7.25. The van der Waals surface area contributed by atoms with Crippen molar-refractivity contribution in [2.45, 2.75) is 0 Å². The zero-order valence-electron chi connectivity index (χ0n) is 31.7. The number of aromatic nitrogens is 4. The number of hydrogen-bond donors (Lipinski definition) is 0. The Balaban J connectivity index is 1.12. The van der Waals surface area contributed by atoms with Crippen molar-refractivity contribution in [2.75, 3.05) is 0 Å². The molecular weight excluding hydrogens is 645 g/mol. The Kier molecular flexibility index (Phi) is 5.08. The van der Waals surface area contributed by atoms with Crippen molar-refractivity contribution in [1.82, 2.24) is 19.5 Å². The topological polar surface area (TPSA) is 56.7 Å². The monoisotopic (exact) mass is 675 g/mol. The molecule has 0 saturated heterocycles. The highest BCUT2D eigenvalue weighted by Gasteiger charge is 2.19. The van der Waals surface area contributed by atoms with Crippen LogP contribution in [-0.2, 0) is 0 Å². The van der Waals surface area contributed by atoms with Crippen molar-refractivity contribution in [3.8, 4) is 39.9 Å². The summed E-state index contributed by atoms with van der Waals surface area (Å²) in [5.41, 5.74) is 5.67. The van der Waals surface area contributed by atoms with Gasteiger partial charge in [-0.2, -0.15) is 0 Å². The molecule has 0 unspecified atom stereocenters. The highest BCUT2D eigenvalue weighted by Crippen LogP contribution is 2.40. The zero-order chi connectivity index (χ0) is 37.8. The molecule has 5 nitrogen and oxygen atoms in total. The van der Waals surface area contributed by atoms with Gasteiger partial charge >= 0.3 is 0 Å². The second-order valence-electron chi connectivity index (χ2n) is 12.5. The highest BCUT2D eigenvalue weighted by molar-refractivity contribution is 7.25. The van der Waals surface area contributed by atoms with Crippen molar-refractivity contribution in [3.63, 3.8) is 0 Å². The van der Waals surface area contributed by atoms with Gasteiger partial charge < -0.3 is 8.98 Å². The van der Waals surface area contributed by atoms with Gasteiger partial charge in [-0.3, -0.25) is 0 Å². The minimum atomic E-state index is -0.482. The van der Waals surface area contributed by atoms with Gasteiger partial charge in [0.1, 0.15) is 5.58 Å². The predicted molar refractivity (Wildman–Crippen MR) is 211 cm³/mol. The Morgan fingerprint density at radius 1 is 0.490 bits per heavy atom. The molecule has 7 aromatic carbocycles. The van der Waals surface area contributed by atoms with E-state index in [0.717, 1.165) is 64.0 Å². The Hall–Kier alpha value is -6.63. The van der Waals surface area contributed by atoms with Crippen molar-refractivity contribution < 1.29 is 11.3 Å². The van der Waals surface area contributed by atoms with Crippen molar-refractivity contribution in [2.24, 2.45) is 0 Å². The average Bonchev–Trinajstić information content (AvgIpc) is 3.91. The van der Waals surface area contributed by atoms with E-state index in [9.17, 15) is 0 Å². The number of nitrogens with zero attached hydrogens (tertiary/aromatic N) is 4. The molecule has 0 spiro atoms. The lowest BCUT2D eigenvalue weighted by Gasteiger charge is -2.08. The molecule has 11 rings (SSSR count). The van der Waals surface area contributed by atoms with Crippen LogP contribution in [0.2, 0.25) is 0 Å². The lowest BCUT2D eigenvalue weighted by Crippen LogP contribution is -2.00. The number of benzene rings is 7.